The molecule has 0 spiro atoms. The van der Waals surface area contributed by atoms with E-state index >= 15 is 0 Å². The zero-order chi connectivity index (χ0) is 16.5. The van der Waals surface area contributed by atoms with Gasteiger partial charge in [-0.1, -0.05) is 66.7 Å². The minimum Gasteiger partial charge on any atom is -0.294 e. The van der Waals surface area contributed by atoms with E-state index in [0.717, 1.165) is 11.1 Å². The summed E-state index contributed by atoms with van der Waals surface area (Å²) in [5, 5.41) is 0. The highest BCUT2D eigenvalue weighted by molar-refractivity contribution is 7.90. The van der Waals surface area contributed by atoms with Gasteiger partial charge in [0.25, 0.3) is 0 Å². The van der Waals surface area contributed by atoms with Gasteiger partial charge in [0.2, 0.25) is 10.0 Å². The quantitative estimate of drug-likeness (QED) is 0.795. The van der Waals surface area contributed by atoms with Gasteiger partial charge in [0, 0.05) is 6.20 Å². The maximum atomic E-state index is 11.8. The Morgan fingerprint density at radius 2 is 1.39 bits per heavy atom. The van der Waals surface area contributed by atoms with Crippen LogP contribution in [0.5, 0.6) is 0 Å². The first-order chi connectivity index (χ1) is 11.1. The SMILES string of the molecule is O=C(/C=C/c1ccccc1)CS(=O)(=O)N/C=C\c1ccccc1. The highest BCUT2D eigenvalue weighted by Crippen LogP contribution is 2.02. The molecule has 2 rings (SSSR count). The Morgan fingerprint density at radius 3 is 1.96 bits per heavy atom. The van der Waals surface area contributed by atoms with Gasteiger partial charge in [-0.3, -0.25) is 9.52 Å². The predicted molar refractivity (Wildman–Crippen MR) is 92.9 cm³/mol. The van der Waals surface area contributed by atoms with Crippen molar-refractivity contribution in [1.29, 1.82) is 0 Å². The molecule has 0 saturated carbocycles. The van der Waals surface area contributed by atoms with Gasteiger partial charge >= 0.3 is 0 Å². The van der Waals surface area contributed by atoms with Crippen molar-refractivity contribution < 1.29 is 13.2 Å². The molecule has 0 aliphatic heterocycles. The summed E-state index contributed by atoms with van der Waals surface area (Å²) in [6.07, 6.45) is 5.81. The van der Waals surface area contributed by atoms with Crippen LogP contribution in [0.4, 0.5) is 0 Å². The Kier molecular flexibility index (Phi) is 5.88. The summed E-state index contributed by atoms with van der Waals surface area (Å²) in [7, 11) is -3.69. The first-order valence-electron chi connectivity index (χ1n) is 7.03. The summed E-state index contributed by atoms with van der Waals surface area (Å²) in [5.74, 6) is -1.07. The second-order valence-corrected chi connectivity index (χ2v) is 6.59. The molecule has 23 heavy (non-hydrogen) atoms. The van der Waals surface area contributed by atoms with Gasteiger partial charge in [-0.05, 0) is 23.3 Å². The van der Waals surface area contributed by atoms with E-state index in [1.807, 2.05) is 60.7 Å². The van der Waals surface area contributed by atoms with Crippen LogP contribution >= 0.6 is 0 Å². The van der Waals surface area contributed by atoms with Crippen molar-refractivity contribution in [2.45, 2.75) is 0 Å². The zero-order valence-corrected chi connectivity index (χ0v) is 13.2. The van der Waals surface area contributed by atoms with Crippen LogP contribution in [0.2, 0.25) is 0 Å². The molecular weight excluding hydrogens is 310 g/mol. The average Bonchev–Trinajstić information content (AvgIpc) is 2.54. The Labute approximate surface area is 136 Å². The molecule has 0 aliphatic carbocycles. The van der Waals surface area contributed by atoms with Gasteiger partial charge < -0.3 is 0 Å². The number of nitrogens with one attached hydrogen (secondary N) is 1. The largest absolute Gasteiger partial charge is 0.294 e. The van der Waals surface area contributed by atoms with E-state index in [1.165, 1.54) is 12.3 Å². The van der Waals surface area contributed by atoms with Gasteiger partial charge in [0.05, 0.1) is 0 Å². The summed E-state index contributed by atoms with van der Waals surface area (Å²) >= 11 is 0. The molecule has 0 heterocycles. The molecule has 0 bridgehead atoms. The molecule has 2 aromatic rings. The number of hydrogen-bond acceptors (Lipinski definition) is 3. The standard InChI is InChI=1S/C18H17NO3S/c20-18(12-11-16-7-3-1-4-8-16)15-23(21,22)19-14-13-17-9-5-2-6-10-17/h1-14,19H,15H2/b12-11+,14-13-. The molecule has 2 aromatic carbocycles. The number of ketones is 1. The van der Waals surface area contributed by atoms with Crippen molar-refractivity contribution in [2.24, 2.45) is 0 Å². The van der Waals surface area contributed by atoms with Crippen LogP contribution in [0.15, 0.2) is 72.9 Å². The highest BCUT2D eigenvalue weighted by Gasteiger charge is 2.12. The smallest absolute Gasteiger partial charge is 0.239 e. The molecule has 1 N–H and O–H groups in total. The number of carbonyl (C=O) groups is 1. The fourth-order valence-corrected chi connectivity index (χ4v) is 2.66. The summed E-state index contributed by atoms with van der Waals surface area (Å²) in [6.45, 7) is 0. The van der Waals surface area contributed by atoms with E-state index in [9.17, 15) is 13.2 Å². The number of sulfonamides is 1. The van der Waals surface area contributed by atoms with Crippen molar-refractivity contribution in [3.05, 3.63) is 84.1 Å². The molecule has 0 unspecified atom stereocenters. The van der Waals surface area contributed by atoms with E-state index in [-0.39, 0.29) is 0 Å². The minimum absolute atomic E-state index is 0.477. The van der Waals surface area contributed by atoms with Gasteiger partial charge in [0.15, 0.2) is 5.78 Å². The summed E-state index contributed by atoms with van der Waals surface area (Å²) in [4.78, 5) is 11.7. The number of hydrogen-bond donors (Lipinski definition) is 1. The average molecular weight is 327 g/mol. The van der Waals surface area contributed by atoms with Crippen LogP contribution in [0, 0.1) is 0 Å². The van der Waals surface area contributed by atoms with Gasteiger partial charge in [-0.15, -0.1) is 0 Å². The lowest BCUT2D eigenvalue weighted by Gasteiger charge is -2.01. The molecule has 0 fully saturated rings. The Bertz CT molecular complexity index is 795. The fourth-order valence-electron chi connectivity index (χ4n) is 1.83. The van der Waals surface area contributed by atoms with E-state index in [4.69, 9.17) is 0 Å². The Hall–Kier alpha value is -2.66. The maximum Gasteiger partial charge on any atom is 0.239 e. The van der Waals surface area contributed by atoms with Gasteiger partial charge in [-0.25, -0.2) is 8.42 Å². The number of rotatable bonds is 7. The van der Waals surface area contributed by atoms with Crippen LogP contribution in [0.1, 0.15) is 11.1 Å². The lowest BCUT2D eigenvalue weighted by molar-refractivity contribution is -0.112. The third-order valence-corrected chi connectivity index (χ3v) is 4.08. The van der Waals surface area contributed by atoms with E-state index in [0.29, 0.717) is 0 Å². The molecule has 0 aliphatic rings. The molecule has 118 valence electrons. The summed E-state index contributed by atoms with van der Waals surface area (Å²) in [5.41, 5.74) is 1.71. The van der Waals surface area contributed by atoms with Crippen molar-refractivity contribution >= 4 is 28.0 Å². The summed E-state index contributed by atoms with van der Waals surface area (Å²) < 4.78 is 25.9. The Balaban J connectivity index is 1.89. The van der Waals surface area contributed by atoms with Crippen molar-refractivity contribution in [1.82, 2.24) is 4.72 Å². The third-order valence-electron chi connectivity index (χ3n) is 2.92. The molecule has 0 amide bonds. The van der Waals surface area contributed by atoms with E-state index < -0.39 is 21.6 Å². The third kappa shape index (κ3) is 6.32. The lowest BCUT2D eigenvalue weighted by atomic mass is 10.2. The van der Waals surface area contributed by atoms with Crippen LogP contribution < -0.4 is 4.72 Å². The highest BCUT2D eigenvalue weighted by atomic mass is 32.2. The topological polar surface area (TPSA) is 63.2 Å². The van der Waals surface area contributed by atoms with Crippen LogP contribution in [0.3, 0.4) is 0 Å². The van der Waals surface area contributed by atoms with Crippen molar-refractivity contribution in [2.75, 3.05) is 5.75 Å². The second-order valence-electron chi connectivity index (χ2n) is 4.83. The van der Waals surface area contributed by atoms with Crippen LogP contribution in [-0.4, -0.2) is 20.0 Å². The van der Waals surface area contributed by atoms with Crippen LogP contribution in [0.25, 0.3) is 12.2 Å². The van der Waals surface area contributed by atoms with E-state index in [1.54, 1.807) is 12.2 Å². The maximum absolute atomic E-state index is 11.8. The second kappa shape index (κ2) is 8.10. The minimum atomic E-state index is -3.69. The lowest BCUT2D eigenvalue weighted by Crippen LogP contribution is -2.25. The molecular formula is C18H17NO3S. The number of allylic oxidation sites excluding steroid dienone is 1. The molecule has 0 aromatic heterocycles. The van der Waals surface area contributed by atoms with Gasteiger partial charge in [0.1, 0.15) is 5.75 Å². The fraction of sp³-hybridized carbons (Fsp3) is 0.0556. The Morgan fingerprint density at radius 1 is 0.870 bits per heavy atom. The first-order valence-corrected chi connectivity index (χ1v) is 8.68. The number of carbonyl (C=O) groups excluding carboxylic acids is 1. The zero-order valence-electron chi connectivity index (χ0n) is 12.4. The first kappa shape index (κ1) is 16.7. The molecule has 5 heteroatoms. The molecule has 0 saturated heterocycles. The number of benzene rings is 2. The summed E-state index contributed by atoms with van der Waals surface area (Å²) in [6, 6.07) is 18.5. The van der Waals surface area contributed by atoms with Crippen molar-refractivity contribution in [3.63, 3.8) is 0 Å². The molecule has 4 nitrogen and oxygen atoms in total. The predicted octanol–water partition coefficient (Wildman–Crippen LogP) is 2.86. The van der Waals surface area contributed by atoms with Crippen LogP contribution in [-0.2, 0) is 14.8 Å². The normalized spacial score (nSPS) is 11.8. The van der Waals surface area contributed by atoms with Crippen molar-refractivity contribution in [3.8, 4) is 0 Å². The van der Waals surface area contributed by atoms with Gasteiger partial charge in [-0.2, -0.15) is 0 Å². The molecule has 0 radical (unpaired) electrons. The molecule has 0 atom stereocenters. The monoisotopic (exact) mass is 327 g/mol. The van der Waals surface area contributed by atoms with E-state index in [2.05, 4.69) is 4.72 Å².